The highest BCUT2D eigenvalue weighted by atomic mass is 35.5. The Hall–Kier alpha value is -0.980. The Kier molecular flexibility index (Phi) is 5.51. The summed E-state index contributed by atoms with van der Waals surface area (Å²) in [6.45, 7) is 0. The van der Waals surface area contributed by atoms with Crippen molar-refractivity contribution >= 4 is 35.1 Å². The molecule has 1 fully saturated rings. The van der Waals surface area contributed by atoms with Gasteiger partial charge >= 0.3 is 0 Å². The van der Waals surface area contributed by atoms with E-state index in [0.29, 0.717) is 21.7 Å². The maximum Gasteiger partial charge on any atom is 0.253 e. The van der Waals surface area contributed by atoms with Crippen molar-refractivity contribution in [2.75, 3.05) is 11.7 Å². The number of carbonyl (C=O) groups is 1. The van der Waals surface area contributed by atoms with Crippen LogP contribution in [0.15, 0.2) is 12.3 Å². The minimum Gasteiger partial charge on any atom is -0.349 e. The third-order valence-corrected chi connectivity index (χ3v) is 4.92. The van der Waals surface area contributed by atoms with Crippen LogP contribution in [0.3, 0.4) is 0 Å². The fraction of sp³-hybridized carbons (Fsp3) is 0.538. The number of hydrazine groups is 1. The van der Waals surface area contributed by atoms with Gasteiger partial charge in [-0.2, -0.15) is 11.8 Å². The van der Waals surface area contributed by atoms with Gasteiger partial charge in [-0.25, -0.2) is 10.8 Å². The van der Waals surface area contributed by atoms with Gasteiger partial charge in [0.05, 0.1) is 10.6 Å². The van der Waals surface area contributed by atoms with Gasteiger partial charge in [-0.1, -0.05) is 18.0 Å². The minimum absolute atomic E-state index is 0.130. The SMILES string of the molecule is CSC1CCCC(NC(=O)c2cnc(NN)c(Cl)c2)C1. The number of aromatic nitrogens is 1. The summed E-state index contributed by atoms with van der Waals surface area (Å²) in [5.41, 5.74) is 2.84. The predicted octanol–water partition coefficient (Wildman–Crippen LogP) is 2.42. The van der Waals surface area contributed by atoms with Crippen molar-refractivity contribution in [3.63, 3.8) is 0 Å². The zero-order valence-electron chi connectivity index (χ0n) is 11.4. The van der Waals surface area contributed by atoms with E-state index in [-0.39, 0.29) is 11.9 Å². The molecule has 0 aliphatic heterocycles. The largest absolute Gasteiger partial charge is 0.349 e. The lowest BCUT2D eigenvalue weighted by Gasteiger charge is -2.28. The van der Waals surface area contributed by atoms with E-state index >= 15 is 0 Å². The first-order valence-electron chi connectivity index (χ1n) is 6.60. The number of carbonyl (C=O) groups excluding carboxylic acids is 1. The van der Waals surface area contributed by atoms with E-state index in [4.69, 9.17) is 17.4 Å². The molecule has 7 heteroatoms. The lowest BCUT2D eigenvalue weighted by molar-refractivity contribution is 0.0928. The van der Waals surface area contributed by atoms with Crippen molar-refractivity contribution in [2.24, 2.45) is 5.84 Å². The molecule has 1 aromatic rings. The van der Waals surface area contributed by atoms with Gasteiger partial charge in [0.1, 0.15) is 0 Å². The van der Waals surface area contributed by atoms with E-state index in [1.165, 1.54) is 12.6 Å². The van der Waals surface area contributed by atoms with Gasteiger partial charge in [0.15, 0.2) is 5.82 Å². The number of nitrogens with zero attached hydrogens (tertiary/aromatic N) is 1. The van der Waals surface area contributed by atoms with Crippen LogP contribution in [0.2, 0.25) is 5.02 Å². The second-order valence-electron chi connectivity index (χ2n) is 4.89. The van der Waals surface area contributed by atoms with Crippen LogP contribution in [-0.4, -0.2) is 28.4 Å². The second kappa shape index (κ2) is 7.15. The first-order chi connectivity index (χ1) is 9.63. The number of anilines is 1. The fourth-order valence-corrected chi connectivity index (χ4v) is 3.48. The van der Waals surface area contributed by atoms with Gasteiger partial charge in [0.25, 0.3) is 5.91 Å². The number of halogens is 1. The van der Waals surface area contributed by atoms with Crippen LogP contribution in [0.1, 0.15) is 36.0 Å². The Balaban J connectivity index is 1.99. The molecule has 0 aromatic carbocycles. The summed E-state index contributed by atoms with van der Waals surface area (Å²) in [6, 6.07) is 1.81. The van der Waals surface area contributed by atoms with Crippen LogP contribution >= 0.6 is 23.4 Å². The van der Waals surface area contributed by atoms with Gasteiger partial charge in [-0.3, -0.25) is 4.79 Å². The Morgan fingerprint density at radius 3 is 3.00 bits per heavy atom. The fourth-order valence-electron chi connectivity index (χ4n) is 2.43. The van der Waals surface area contributed by atoms with E-state index in [2.05, 4.69) is 22.0 Å². The summed E-state index contributed by atoms with van der Waals surface area (Å²) >= 11 is 7.85. The van der Waals surface area contributed by atoms with E-state index < -0.39 is 0 Å². The number of hydrogen-bond acceptors (Lipinski definition) is 5. The molecule has 1 aromatic heterocycles. The third kappa shape index (κ3) is 3.77. The monoisotopic (exact) mass is 314 g/mol. The zero-order valence-corrected chi connectivity index (χ0v) is 12.9. The Morgan fingerprint density at radius 1 is 1.55 bits per heavy atom. The number of nitrogens with one attached hydrogen (secondary N) is 2. The average Bonchev–Trinajstić information content (AvgIpc) is 2.47. The molecule has 20 heavy (non-hydrogen) atoms. The minimum atomic E-state index is -0.130. The molecule has 1 heterocycles. The maximum atomic E-state index is 12.2. The smallest absolute Gasteiger partial charge is 0.253 e. The van der Waals surface area contributed by atoms with Crippen LogP contribution < -0.4 is 16.6 Å². The quantitative estimate of drug-likeness (QED) is 0.587. The number of thioether (sulfide) groups is 1. The van der Waals surface area contributed by atoms with Crippen LogP contribution in [0.4, 0.5) is 5.82 Å². The molecule has 0 bridgehead atoms. The van der Waals surface area contributed by atoms with Crippen LogP contribution in [0.25, 0.3) is 0 Å². The Labute approximate surface area is 128 Å². The highest BCUT2D eigenvalue weighted by Crippen LogP contribution is 2.27. The number of rotatable bonds is 4. The number of nitrogens with two attached hydrogens (primary N) is 1. The molecule has 1 saturated carbocycles. The molecule has 1 amide bonds. The van der Waals surface area contributed by atoms with Crippen LogP contribution in [0.5, 0.6) is 0 Å². The number of pyridine rings is 1. The lowest BCUT2D eigenvalue weighted by Crippen LogP contribution is -2.39. The zero-order chi connectivity index (χ0) is 14.5. The summed E-state index contributed by atoms with van der Waals surface area (Å²) in [4.78, 5) is 16.2. The van der Waals surface area contributed by atoms with Crippen molar-refractivity contribution in [3.05, 3.63) is 22.8 Å². The number of amides is 1. The molecule has 4 N–H and O–H groups in total. The van der Waals surface area contributed by atoms with Crippen molar-refractivity contribution in [3.8, 4) is 0 Å². The lowest BCUT2D eigenvalue weighted by atomic mass is 9.95. The second-order valence-corrected chi connectivity index (χ2v) is 6.44. The predicted molar refractivity (Wildman–Crippen MR) is 84.1 cm³/mol. The van der Waals surface area contributed by atoms with E-state index in [0.717, 1.165) is 19.3 Å². The highest BCUT2D eigenvalue weighted by molar-refractivity contribution is 7.99. The third-order valence-electron chi connectivity index (χ3n) is 3.53. The van der Waals surface area contributed by atoms with Crippen LogP contribution in [0, 0.1) is 0 Å². The van der Waals surface area contributed by atoms with Crippen molar-refractivity contribution in [1.82, 2.24) is 10.3 Å². The molecule has 5 nitrogen and oxygen atoms in total. The van der Waals surface area contributed by atoms with Crippen LogP contribution in [-0.2, 0) is 0 Å². The Bertz CT molecular complexity index is 485. The summed E-state index contributed by atoms with van der Waals surface area (Å²) in [5.74, 6) is 5.49. The van der Waals surface area contributed by atoms with Gasteiger partial charge in [0, 0.05) is 17.5 Å². The molecule has 2 atom stereocenters. The molecule has 0 spiro atoms. The molecular formula is C13H19ClN4OS. The van der Waals surface area contributed by atoms with Gasteiger partial charge in [-0.15, -0.1) is 0 Å². The molecule has 0 radical (unpaired) electrons. The molecule has 1 aliphatic carbocycles. The van der Waals surface area contributed by atoms with Crippen molar-refractivity contribution in [2.45, 2.75) is 37.0 Å². The average molecular weight is 315 g/mol. The van der Waals surface area contributed by atoms with Crippen molar-refractivity contribution < 1.29 is 4.79 Å². The summed E-state index contributed by atoms with van der Waals surface area (Å²) in [6.07, 6.45) is 8.05. The first kappa shape index (κ1) is 15.4. The van der Waals surface area contributed by atoms with Crippen molar-refractivity contribution in [1.29, 1.82) is 0 Å². The topological polar surface area (TPSA) is 80.0 Å². The first-order valence-corrected chi connectivity index (χ1v) is 8.26. The molecule has 2 rings (SSSR count). The molecule has 0 saturated heterocycles. The normalized spacial score (nSPS) is 22.4. The number of nitrogen functional groups attached to an aromatic ring is 1. The summed E-state index contributed by atoms with van der Waals surface area (Å²) in [7, 11) is 0. The van der Waals surface area contributed by atoms with E-state index in [1.54, 1.807) is 6.07 Å². The summed E-state index contributed by atoms with van der Waals surface area (Å²) in [5, 5.41) is 4.04. The maximum absolute atomic E-state index is 12.2. The molecule has 110 valence electrons. The standard InChI is InChI=1S/C13H19ClN4OS/c1-20-10-4-2-3-9(6-10)17-13(19)8-5-11(14)12(18-15)16-7-8/h5,7,9-10H,2-4,6,15H2,1H3,(H,16,18)(H,17,19). The highest BCUT2D eigenvalue weighted by Gasteiger charge is 2.23. The number of hydrogen-bond donors (Lipinski definition) is 3. The molecule has 2 unspecified atom stereocenters. The van der Waals surface area contributed by atoms with Gasteiger partial charge < -0.3 is 10.7 Å². The Morgan fingerprint density at radius 2 is 2.35 bits per heavy atom. The van der Waals surface area contributed by atoms with E-state index in [1.807, 2.05) is 11.8 Å². The molecular weight excluding hydrogens is 296 g/mol. The van der Waals surface area contributed by atoms with Gasteiger partial charge in [-0.05, 0) is 31.6 Å². The van der Waals surface area contributed by atoms with Gasteiger partial charge in [0.2, 0.25) is 0 Å². The molecule has 1 aliphatic rings. The summed E-state index contributed by atoms with van der Waals surface area (Å²) < 4.78 is 0. The van der Waals surface area contributed by atoms with E-state index in [9.17, 15) is 4.79 Å².